The molecule has 0 fully saturated rings. The molecule has 1 aromatic carbocycles. The van der Waals surface area contributed by atoms with Crippen molar-refractivity contribution >= 4 is 28.6 Å². The summed E-state index contributed by atoms with van der Waals surface area (Å²) in [6.07, 6.45) is 1.43. The number of aromatic nitrogens is 1. The molecular weight excluding hydrogens is 383 g/mol. The van der Waals surface area contributed by atoms with Crippen molar-refractivity contribution in [1.82, 2.24) is 10.3 Å². The second-order valence-electron chi connectivity index (χ2n) is 6.70. The number of thiophene rings is 1. The molecule has 0 radical (unpaired) electrons. The fourth-order valence-electron chi connectivity index (χ4n) is 3.26. The van der Waals surface area contributed by atoms with Gasteiger partial charge in [0.2, 0.25) is 0 Å². The van der Waals surface area contributed by atoms with Crippen LogP contribution in [0, 0.1) is 5.82 Å². The first kappa shape index (κ1) is 18.3. The highest BCUT2D eigenvalue weighted by atomic mass is 32.1. The Morgan fingerprint density at radius 2 is 2.26 bits per heavy atom. The molecule has 140 valence electrons. The summed E-state index contributed by atoms with van der Waals surface area (Å²) in [5.74, 6) is -0.487. The lowest BCUT2D eigenvalue weighted by molar-refractivity contribution is -0.0426. The molecule has 1 aliphatic rings. The Morgan fingerprint density at radius 3 is 3.11 bits per heavy atom. The van der Waals surface area contributed by atoms with Crippen LogP contribution in [-0.4, -0.2) is 24.0 Å². The first-order valence-electron chi connectivity index (χ1n) is 8.71. The number of halogens is 1. The number of nitrogens with zero attached hydrogens (tertiary/aromatic N) is 1. The summed E-state index contributed by atoms with van der Waals surface area (Å²) in [4.78, 5) is 18.2. The van der Waals surface area contributed by atoms with Crippen LogP contribution in [0.2, 0.25) is 0 Å². The molecule has 7 heteroatoms. The third kappa shape index (κ3) is 3.95. The van der Waals surface area contributed by atoms with E-state index in [0.29, 0.717) is 25.3 Å². The van der Waals surface area contributed by atoms with E-state index in [9.17, 15) is 9.18 Å². The SMILES string of the molecule is CC1(CNC(=O)c2csc(Cc3cccc(F)c3)n2)OCCc2sccc21. The molecule has 0 saturated heterocycles. The van der Waals surface area contributed by atoms with Crippen LogP contribution < -0.4 is 5.32 Å². The van der Waals surface area contributed by atoms with Crippen molar-refractivity contribution in [1.29, 1.82) is 0 Å². The number of nitrogens with one attached hydrogen (secondary N) is 1. The molecule has 1 atom stereocenters. The normalized spacial score (nSPS) is 18.9. The minimum Gasteiger partial charge on any atom is -0.368 e. The summed E-state index contributed by atoms with van der Waals surface area (Å²) in [6, 6.07) is 8.50. The minimum atomic E-state index is -0.510. The molecular formula is C20H19FN2O2S2. The van der Waals surface area contributed by atoms with Crippen molar-refractivity contribution in [2.24, 2.45) is 0 Å². The number of amides is 1. The van der Waals surface area contributed by atoms with Gasteiger partial charge in [-0.2, -0.15) is 0 Å². The van der Waals surface area contributed by atoms with Crippen LogP contribution >= 0.6 is 22.7 Å². The second-order valence-corrected chi connectivity index (χ2v) is 8.65. The summed E-state index contributed by atoms with van der Waals surface area (Å²) in [6.45, 7) is 3.06. The molecule has 3 heterocycles. The third-order valence-corrected chi connectivity index (χ3v) is 6.51. The number of thiazole rings is 1. The zero-order valence-electron chi connectivity index (χ0n) is 14.8. The van der Waals surface area contributed by atoms with Crippen molar-refractivity contribution in [3.05, 3.63) is 73.6 Å². The number of carbonyl (C=O) groups is 1. The van der Waals surface area contributed by atoms with Gasteiger partial charge >= 0.3 is 0 Å². The number of benzene rings is 1. The number of rotatable bonds is 5. The van der Waals surface area contributed by atoms with Gasteiger partial charge in [0.05, 0.1) is 18.2 Å². The molecule has 0 bridgehead atoms. The predicted molar refractivity (Wildman–Crippen MR) is 105 cm³/mol. The van der Waals surface area contributed by atoms with Crippen molar-refractivity contribution < 1.29 is 13.9 Å². The summed E-state index contributed by atoms with van der Waals surface area (Å²) >= 11 is 3.14. The van der Waals surface area contributed by atoms with Crippen LogP contribution in [0.1, 0.15) is 38.4 Å². The van der Waals surface area contributed by atoms with Gasteiger partial charge in [-0.15, -0.1) is 22.7 Å². The van der Waals surface area contributed by atoms with E-state index < -0.39 is 5.60 Å². The fraction of sp³-hybridized carbons (Fsp3) is 0.300. The van der Waals surface area contributed by atoms with Crippen LogP contribution in [-0.2, 0) is 23.2 Å². The average Bonchev–Trinajstić information content (AvgIpc) is 3.30. The lowest BCUT2D eigenvalue weighted by Gasteiger charge is -2.34. The van der Waals surface area contributed by atoms with Gasteiger partial charge < -0.3 is 10.1 Å². The molecule has 1 amide bonds. The van der Waals surface area contributed by atoms with Crippen LogP contribution in [0.25, 0.3) is 0 Å². The minimum absolute atomic E-state index is 0.219. The van der Waals surface area contributed by atoms with Gasteiger partial charge in [0, 0.05) is 23.1 Å². The van der Waals surface area contributed by atoms with E-state index in [-0.39, 0.29) is 11.7 Å². The lowest BCUT2D eigenvalue weighted by atomic mass is 9.93. The monoisotopic (exact) mass is 402 g/mol. The molecule has 0 aliphatic carbocycles. The van der Waals surface area contributed by atoms with Gasteiger partial charge in [-0.25, -0.2) is 9.37 Å². The predicted octanol–water partition coefficient (Wildman–Crippen LogP) is 4.15. The highest BCUT2D eigenvalue weighted by Crippen LogP contribution is 2.35. The van der Waals surface area contributed by atoms with E-state index in [4.69, 9.17) is 4.74 Å². The van der Waals surface area contributed by atoms with E-state index in [1.54, 1.807) is 22.8 Å². The van der Waals surface area contributed by atoms with Gasteiger partial charge in [-0.05, 0) is 41.6 Å². The van der Waals surface area contributed by atoms with Gasteiger partial charge in [0.15, 0.2) is 0 Å². The average molecular weight is 403 g/mol. The van der Waals surface area contributed by atoms with E-state index >= 15 is 0 Å². The molecule has 1 aliphatic heterocycles. The molecule has 3 aromatic rings. The summed E-state index contributed by atoms with van der Waals surface area (Å²) in [7, 11) is 0. The molecule has 0 spiro atoms. The Morgan fingerprint density at radius 1 is 1.37 bits per heavy atom. The summed E-state index contributed by atoms with van der Waals surface area (Å²) in [5, 5.41) is 7.54. The van der Waals surface area contributed by atoms with E-state index in [1.165, 1.54) is 28.3 Å². The highest BCUT2D eigenvalue weighted by Gasteiger charge is 2.34. The molecule has 2 aromatic heterocycles. The van der Waals surface area contributed by atoms with Crippen LogP contribution in [0.15, 0.2) is 41.1 Å². The Labute approximate surface area is 165 Å². The molecule has 0 saturated carbocycles. The van der Waals surface area contributed by atoms with Crippen molar-refractivity contribution in [3.63, 3.8) is 0 Å². The van der Waals surface area contributed by atoms with Gasteiger partial charge in [-0.1, -0.05) is 12.1 Å². The second kappa shape index (κ2) is 7.50. The standard InChI is InChI=1S/C20H19FN2O2S2/c1-20(15-6-8-26-17(15)5-7-25-20)12-22-19(24)16-11-27-18(23-16)10-13-3-2-4-14(21)9-13/h2-4,6,8-9,11H,5,7,10,12H2,1H3,(H,22,24). The Bertz CT molecular complexity index is 968. The van der Waals surface area contributed by atoms with Gasteiger partial charge in [-0.3, -0.25) is 4.79 Å². The summed E-state index contributed by atoms with van der Waals surface area (Å²) in [5.41, 5.74) is 1.87. The van der Waals surface area contributed by atoms with Gasteiger partial charge in [0.1, 0.15) is 17.1 Å². The Hall–Kier alpha value is -2.09. The van der Waals surface area contributed by atoms with Crippen molar-refractivity contribution in [2.45, 2.75) is 25.4 Å². The van der Waals surface area contributed by atoms with Crippen molar-refractivity contribution in [3.8, 4) is 0 Å². The number of ether oxygens (including phenoxy) is 1. The van der Waals surface area contributed by atoms with E-state index in [2.05, 4.69) is 21.7 Å². The zero-order chi connectivity index (χ0) is 18.9. The zero-order valence-corrected chi connectivity index (χ0v) is 16.5. The molecule has 4 nitrogen and oxygen atoms in total. The van der Waals surface area contributed by atoms with Gasteiger partial charge in [0.25, 0.3) is 5.91 Å². The topological polar surface area (TPSA) is 51.2 Å². The Balaban J connectivity index is 1.40. The maximum atomic E-state index is 13.3. The van der Waals surface area contributed by atoms with E-state index in [1.807, 2.05) is 13.0 Å². The number of hydrogen-bond acceptors (Lipinski definition) is 5. The molecule has 27 heavy (non-hydrogen) atoms. The highest BCUT2D eigenvalue weighted by molar-refractivity contribution is 7.10. The van der Waals surface area contributed by atoms with Crippen LogP contribution in [0.3, 0.4) is 0 Å². The summed E-state index contributed by atoms with van der Waals surface area (Å²) < 4.78 is 19.3. The quantitative estimate of drug-likeness (QED) is 0.697. The van der Waals surface area contributed by atoms with E-state index in [0.717, 1.165) is 22.6 Å². The number of fused-ring (bicyclic) bond motifs is 1. The first-order valence-corrected chi connectivity index (χ1v) is 10.5. The van der Waals surface area contributed by atoms with Crippen molar-refractivity contribution in [2.75, 3.05) is 13.2 Å². The fourth-order valence-corrected chi connectivity index (χ4v) is 5.04. The largest absolute Gasteiger partial charge is 0.368 e. The first-order chi connectivity index (χ1) is 13.0. The lowest BCUT2D eigenvalue weighted by Crippen LogP contribution is -2.43. The number of hydrogen-bond donors (Lipinski definition) is 1. The molecule has 1 N–H and O–H groups in total. The number of carbonyl (C=O) groups excluding carboxylic acids is 1. The van der Waals surface area contributed by atoms with Crippen LogP contribution in [0.5, 0.6) is 0 Å². The Kier molecular flexibility index (Phi) is 5.08. The smallest absolute Gasteiger partial charge is 0.270 e. The molecule has 4 rings (SSSR count). The maximum absolute atomic E-state index is 13.3. The van der Waals surface area contributed by atoms with Crippen LogP contribution in [0.4, 0.5) is 4.39 Å². The maximum Gasteiger partial charge on any atom is 0.270 e. The third-order valence-electron chi connectivity index (χ3n) is 4.68. The molecule has 1 unspecified atom stereocenters.